The molecule has 7 heterocycles. The van der Waals surface area contributed by atoms with E-state index in [0.717, 1.165) is 31.9 Å². The number of benzene rings is 1. The first-order valence-electron chi connectivity index (χ1n) is 14.0. The Morgan fingerprint density at radius 3 is 2.62 bits per heavy atom. The van der Waals surface area contributed by atoms with Crippen LogP contribution in [-0.2, 0) is 6.18 Å². The summed E-state index contributed by atoms with van der Waals surface area (Å²) in [5.41, 5.74) is 2.45. The van der Waals surface area contributed by atoms with Gasteiger partial charge in [-0.05, 0) is 50.4 Å². The molecule has 2 bridgehead atoms. The van der Waals surface area contributed by atoms with Crippen LogP contribution in [0.3, 0.4) is 0 Å². The molecule has 5 aliphatic heterocycles. The molecule has 5 aliphatic rings. The molecule has 3 aromatic rings. The lowest BCUT2D eigenvalue weighted by molar-refractivity contribution is -0.137. The van der Waals surface area contributed by atoms with Gasteiger partial charge in [0.2, 0.25) is 0 Å². The number of nitrogen functional groups attached to an aromatic ring is 1. The molecule has 3 N–H and O–H groups in total. The first-order chi connectivity index (χ1) is 19.9. The molecule has 0 aliphatic carbocycles. The molecule has 42 heavy (non-hydrogen) atoms. The maximum atomic E-state index is 16.5. The van der Waals surface area contributed by atoms with E-state index >= 15 is 4.39 Å². The molecule has 2 aromatic heterocycles. The van der Waals surface area contributed by atoms with Gasteiger partial charge in [0.1, 0.15) is 29.9 Å². The molecule has 0 radical (unpaired) electrons. The van der Waals surface area contributed by atoms with Crippen LogP contribution < -0.4 is 20.7 Å². The SMILES string of the molecule is Cc1cc(N)nc(-c2c(Cl)cc3c(N4CC5CC(C4)N5)nc(OC[C@]45CCCN4C[C@H](F)C5)nc3c2F)c1C(F)(F)F. The summed E-state index contributed by atoms with van der Waals surface area (Å²) < 4.78 is 79.4. The van der Waals surface area contributed by atoms with E-state index in [1.54, 1.807) is 0 Å². The fourth-order valence-electron chi connectivity index (χ4n) is 7.25. The number of piperidine rings is 1. The zero-order valence-corrected chi connectivity index (χ0v) is 23.5. The van der Waals surface area contributed by atoms with E-state index in [-0.39, 0.29) is 52.0 Å². The maximum absolute atomic E-state index is 16.5. The number of fused-ring (bicyclic) bond motifs is 4. The molecule has 1 aromatic carbocycles. The number of aromatic nitrogens is 3. The number of nitrogens with two attached hydrogens (primary N) is 1. The van der Waals surface area contributed by atoms with Crippen molar-refractivity contribution in [1.82, 2.24) is 25.2 Å². The van der Waals surface area contributed by atoms with Crippen molar-refractivity contribution in [2.75, 3.05) is 43.4 Å². The Hall–Kier alpha value is -3.03. The minimum Gasteiger partial charge on any atom is -0.461 e. The van der Waals surface area contributed by atoms with Gasteiger partial charge in [-0.2, -0.15) is 23.1 Å². The number of halogens is 6. The minimum absolute atomic E-state index is 0.113. The van der Waals surface area contributed by atoms with E-state index < -0.39 is 40.5 Å². The monoisotopic (exact) mass is 609 g/mol. The highest BCUT2D eigenvalue weighted by atomic mass is 35.5. The number of ether oxygens (including phenoxy) is 1. The minimum atomic E-state index is -4.85. The number of hydrogen-bond acceptors (Lipinski definition) is 8. The van der Waals surface area contributed by atoms with Gasteiger partial charge in [0.25, 0.3) is 0 Å². The highest BCUT2D eigenvalue weighted by molar-refractivity contribution is 6.34. The van der Waals surface area contributed by atoms with Gasteiger partial charge in [0, 0.05) is 43.5 Å². The summed E-state index contributed by atoms with van der Waals surface area (Å²) in [6, 6.07) is 2.80. The number of aryl methyl sites for hydroxylation is 1. The molecule has 224 valence electrons. The largest absolute Gasteiger partial charge is 0.461 e. The standard InChI is InChI=1S/C28H29ClF5N7O/c1-13-5-19(35)37-24(21(13)28(32,33)34)20-18(29)7-17-23(22(20)31)38-26(39-25(17)40-10-15-6-16(11-40)36-15)42-12-27-3-2-4-41(27)9-14(30)8-27/h5,7,14-16,36H,2-4,6,8-12H2,1H3,(H2,35,37)/t14-,15?,16?,27-/m1/s1. The van der Waals surface area contributed by atoms with Crippen molar-refractivity contribution in [3.05, 3.63) is 34.1 Å². The van der Waals surface area contributed by atoms with Crippen LogP contribution in [-0.4, -0.2) is 76.4 Å². The van der Waals surface area contributed by atoms with Gasteiger partial charge in [-0.3, -0.25) is 4.90 Å². The zero-order valence-electron chi connectivity index (χ0n) is 22.7. The average Bonchev–Trinajstić information content (AvgIpc) is 3.41. The molecule has 5 saturated heterocycles. The Kier molecular flexibility index (Phi) is 6.45. The maximum Gasteiger partial charge on any atom is 0.418 e. The van der Waals surface area contributed by atoms with Crippen LogP contribution in [0.25, 0.3) is 22.2 Å². The van der Waals surface area contributed by atoms with Crippen LogP contribution in [0, 0.1) is 12.7 Å². The predicted octanol–water partition coefficient (Wildman–Crippen LogP) is 4.90. The lowest BCUT2D eigenvalue weighted by atomic mass is 9.91. The van der Waals surface area contributed by atoms with Crippen molar-refractivity contribution in [2.45, 2.75) is 62.6 Å². The highest BCUT2D eigenvalue weighted by Crippen LogP contribution is 2.45. The van der Waals surface area contributed by atoms with Gasteiger partial charge in [0.15, 0.2) is 5.82 Å². The number of alkyl halides is 4. The van der Waals surface area contributed by atoms with Crippen molar-refractivity contribution in [3.8, 4) is 17.3 Å². The van der Waals surface area contributed by atoms with E-state index in [2.05, 4.69) is 25.2 Å². The molecule has 8 nitrogen and oxygen atoms in total. The molecule has 4 atom stereocenters. The number of nitrogens with one attached hydrogen (secondary N) is 1. The molecule has 14 heteroatoms. The van der Waals surface area contributed by atoms with E-state index in [4.69, 9.17) is 22.1 Å². The lowest BCUT2D eigenvalue weighted by Crippen LogP contribution is -2.67. The predicted molar refractivity (Wildman–Crippen MR) is 148 cm³/mol. The number of piperazine rings is 1. The van der Waals surface area contributed by atoms with Gasteiger partial charge in [-0.15, -0.1) is 0 Å². The fraction of sp³-hybridized carbons (Fsp3) is 0.536. The topological polar surface area (TPSA) is 92.4 Å². The van der Waals surface area contributed by atoms with Crippen LogP contribution >= 0.6 is 11.6 Å². The molecular weight excluding hydrogens is 581 g/mol. The quantitative estimate of drug-likeness (QED) is 0.395. The van der Waals surface area contributed by atoms with Crippen LogP contribution in [0.1, 0.15) is 36.8 Å². The van der Waals surface area contributed by atoms with E-state index in [9.17, 15) is 17.6 Å². The summed E-state index contributed by atoms with van der Waals surface area (Å²) in [5.74, 6) is -0.914. The van der Waals surface area contributed by atoms with Crippen LogP contribution in [0.4, 0.5) is 33.6 Å². The average molecular weight is 610 g/mol. The van der Waals surface area contributed by atoms with E-state index in [0.29, 0.717) is 31.9 Å². The zero-order chi connectivity index (χ0) is 29.6. The van der Waals surface area contributed by atoms with Gasteiger partial charge >= 0.3 is 12.2 Å². The molecule has 0 saturated carbocycles. The van der Waals surface area contributed by atoms with E-state index in [1.807, 2.05) is 4.90 Å². The summed E-state index contributed by atoms with van der Waals surface area (Å²) in [6.45, 7) is 3.64. The Morgan fingerprint density at radius 1 is 1.17 bits per heavy atom. The summed E-state index contributed by atoms with van der Waals surface area (Å²) in [6.07, 6.45) is -2.82. The van der Waals surface area contributed by atoms with Crippen molar-refractivity contribution >= 4 is 34.1 Å². The number of rotatable bonds is 5. The molecule has 0 spiro atoms. The molecular formula is C28H29ClF5N7O. The Bertz CT molecular complexity index is 1570. The van der Waals surface area contributed by atoms with Gasteiger partial charge < -0.3 is 20.7 Å². The molecule has 0 amide bonds. The third kappa shape index (κ3) is 4.51. The first kappa shape index (κ1) is 27.8. The van der Waals surface area contributed by atoms with Crippen molar-refractivity contribution in [3.63, 3.8) is 0 Å². The van der Waals surface area contributed by atoms with Gasteiger partial charge in [-0.25, -0.2) is 13.8 Å². The van der Waals surface area contributed by atoms with Crippen molar-refractivity contribution < 1.29 is 26.7 Å². The Balaban J connectivity index is 1.37. The number of anilines is 2. The van der Waals surface area contributed by atoms with Crippen molar-refractivity contribution in [2.24, 2.45) is 0 Å². The van der Waals surface area contributed by atoms with Gasteiger partial charge in [-0.1, -0.05) is 11.6 Å². The second-order valence-electron chi connectivity index (χ2n) is 11.9. The lowest BCUT2D eigenvalue weighted by Gasteiger charge is -2.48. The Labute approximate surface area is 243 Å². The number of hydrogen-bond donors (Lipinski definition) is 2. The highest BCUT2D eigenvalue weighted by Gasteiger charge is 2.49. The van der Waals surface area contributed by atoms with Crippen LogP contribution in [0.15, 0.2) is 12.1 Å². The van der Waals surface area contributed by atoms with E-state index in [1.165, 1.54) is 13.0 Å². The molecule has 2 unspecified atom stereocenters. The smallest absolute Gasteiger partial charge is 0.418 e. The van der Waals surface area contributed by atoms with Gasteiger partial charge in [0.05, 0.1) is 27.4 Å². The Morgan fingerprint density at radius 2 is 1.90 bits per heavy atom. The number of nitrogens with zero attached hydrogens (tertiary/aromatic N) is 5. The second-order valence-corrected chi connectivity index (χ2v) is 12.3. The third-order valence-corrected chi connectivity index (χ3v) is 9.35. The third-order valence-electron chi connectivity index (χ3n) is 9.05. The molecule has 5 fully saturated rings. The fourth-order valence-corrected chi connectivity index (χ4v) is 7.53. The normalized spacial score (nSPS) is 27.4. The van der Waals surface area contributed by atoms with Crippen LogP contribution in [0.2, 0.25) is 5.02 Å². The summed E-state index contributed by atoms with van der Waals surface area (Å²) >= 11 is 6.53. The summed E-state index contributed by atoms with van der Waals surface area (Å²) in [4.78, 5) is 16.9. The molecule has 8 rings (SSSR count). The van der Waals surface area contributed by atoms with Crippen molar-refractivity contribution in [1.29, 1.82) is 0 Å². The summed E-state index contributed by atoms with van der Waals surface area (Å²) in [5, 5.41) is 3.40. The van der Waals surface area contributed by atoms with Crippen LogP contribution in [0.5, 0.6) is 6.01 Å². The second kappa shape index (κ2) is 9.75. The first-order valence-corrected chi connectivity index (χ1v) is 14.4. The summed E-state index contributed by atoms with van der Waals surface area (Å²) in [7, 11) is 0. The number of pyridine rings is 1.